The Balaban J connectivity index is 0.000000163. The van der Waals surface area contributed by atoms with Gasteiger partial charge in [-0.25, -0.2) is 0 Å². The van der Waals surface area contributed by atoms with E-state index in [0.29, 0.717) is 0 Å². The van der Waals surface area contributed by atoms with Gasteiger partial charge in [-0.1, -0.05) is 186 Å². The van der Waals surface area contributed by atoms with Crippen molar-refractivity contribution < 1.29 is 39.8 Å². The molecule has 16 rings (SSSR count). The number of rotatable bonds is 12. The Labute approximate surface area is 605 Å². The molecule has 0 N–H and O–H groups in total. The van der Waals surface area contributed by atoms with Crippen molar-refractivity contribution in [3.05, 3.63) is 332 Å². The molecule has 0 aliphatic heterocycles. The number of hydrogen-bond acceptors (Lipinski definition) is 4. The minimum absolute atomic E-state index is 0.130. The van der Waals surface area contributed by atoms with Crippen LogP contribution in [0.5, 0.6) is 23.0 Å². The predicted molar refractivity (Wildman–Crippen MR) is 423 cm³/mol. The fourth-order valence-electron chi connectivity index (χ4n) is 16.5. The molecule has 0 spiro atoms. The van der Waals surface area contributed by atoms with Crippen molar-refractivity contribution in [2.24, 2.45) is 0 Å². The molecular weight excluding hydrogens is 1360 g/mol. The van der Waals surface area contributed by atoms with Crippen LogP contribution in [0.3, 0.4) is 0 Å². The first-order valence-corrected chi connectivity index (χ1v) is 44.2. The molecule has 0 saturated carbocycles. The Kier molecular flexibility index (Phi) is 19.9. The van der Waals surface area contributed by atoms with E-state index in [-0.39, 0.29) is 23.7 Å². The number of fused-ring (bicyclic) bond motifs is 8. The average molecular weight is 1440 g/mol. The number of ether oxygens (including phenoxy) is 4. The van der Waals surface area contributed by atoms with Crippen molar-refractivity contribution in [1.82, 2.24) is 0 Å². The van der Waals surface area contributed by atoms with Gasteiger partial charge < -0.3 is 18.9 Å². The zero-order valence-electron chi connectivity index (χ0n) is 57.6. The number of methoxy groups -OCH3 is 4. The van der Waals surface area contributed by atoms with E-state index in [4.69, 9.17) is 36.0 Å². The summed E-state index contributed by atoms with van der Waals surface area (Å²) in [5.74, 6) is 4.11. The number of benzene rings is 8. The van der Waals surface area contributed by atoms with E-state index in [1.165, 1.54) is 153 Å². The Bertz CT molecular complexity index is 4690. The second kappa shape index (κ2) is 29.2. The first-order valence-electron chi connectivity index (χ1n) is 33.9. The number of aryl methyl sites for hydroxylation is 4. The Morgan fingerprint density at radius 3 is 0.727 bits per heavy atom. The van der Waals surface area contributed by atoms with Gasteiger partial charge in [0.25, 0.3) is 0 Å². The van der Waals surface area contributed by atoms with Crippen LogP contribution in [0, 0.1) is 27.7 Å². The molecule has 0 heterocycles. The van der Waals surface area contributed by atoms with Crippen molar-refractivity contribution in [3.8, 4) is 23.0 Å². The number of hydrogen-bond donors (Lipinski definition) is 0. The van der Waals surface area contributed by atoms with Crippen LogP contribution in [0.1, 0.15) is 113 Å². The van der Waals surface area contributed by atoms with Crippen molar-refractivity contribution in [2.75, 3.05) is 28.4 Å². The van der Waals surface area contributed by atoms with Gasteiger partial charge in [-0.2, -0.15) is 68.8 Å². The third-order valence-electron chi connectivity index (χ3n) is 20.7. The van der Waals surface area contributed by atoms with Crippen LogP contribution < -0.4 is 39.7 Å². The summed E-state index contributed by atoms with van der Waals surface area (Å²) in [6, 6.07) is 62.0. The van der Waals surface area contributed by atoms with Gasteiger partial charge in [0, 0.05) is 17.6 Å². The summed E-state index contributed by atoms with van der Waals surface area (Å²) < 4.78 is 23.2. The van der Waals surface area contributed by atoms with Gasteiger partial charge >= 0.3 is 37.9 Å². The zero-order chi connectivity index (χ0) is 68.6. The van der Waals surface area contributed by atoms with Crippen LogP contribution in [-0.4, -0.2) is 46.0 Å². The molecule has 4 nitrogen and oxygen atoms in total. The standard InChI is InChI=1S/2C45H39O2Si.2ClH.Zr/c2*1-28-22-40-36(42-26-32(46-3)24-30-14-6-8-16-34(30)42)18-10-12-20-38(40)44(28)48(5)45-29(2)23-41-37(19-11-13-21-39(41)45)43-27-33(47-4)25-31-15-7-9-17-35(31)43;;;/h2*6-27,36-37H,1-5H3;2*1H;/q2*-2;;;+2/p-2. The van der Waals surface area contributed by atoms with E-state index in [1.807, 2.05) is 0 Å². The molecule has 0 saturated heterocycles. The molecule has 12 aromatic rings. The molecule has 492 valence electrons. The molecule has 12 aromatic carbocycles. The van der Waals surface area contributed by atoms with E-state index in [2.05, 4.69) is 308 Å². The average Bonchev–Trinajstić information content (AvgIpc) is 1.60. The van der Waals surface area contributed by atoms with Crippen molar-refractivity contribution >= 4 is 123 Å². The second-order valence-corrected chi connectivity index (χ2v) is 34.5. The van der Waals surface area contributed by atoms with Crippen LogP contribution in [0.2, 0.25) is 13.1 Å². The first-order chi connectivity index (χ1) is 48.3. The second-order valence-electron chi connectivity index (χ2n) is 26.2. The van der Waals surface area contributed by atoms with Crippen LogP contribution >= 0.6 is 17.0 Å². The molecule has 0 bridgehead atoms. The van der Waals surface area contributed by atoms with E-state index in [1.54, 1.807) is 28.4 Å². The van der Waals surface area contributed by atoms with Gasteiger partial charge in [0.2, 0.25) is 0 Å². The van der Waals surface area contributed by atoms with Gasteiger partial charge in [0.1, 0.15) is 23.0 Å². The monoisotopic (exact) mass is 1440 g/mol. The summed E-state index contributed by atoms with van der Waals surface area (Å²) >= 11 is -0.826. The van der Waals surface area contributed by atoms with Crippen molar-refractivity contribution in [2.45, 2.75) is 64.5 Å². The summed E-state index contributed by atoms with van der Waals surface area (Å²) in [7, 11) is 14.6. The topological polar surface area (TPSA) is 36.9 Å². The third kappa shape index (κ3) is 12.7. The SMILES string of the molecule is COc1cc(C2C=CC=Cc3c2cc(C)[c-]3[Si](C)[c-]2c(C)cc3c2C=CC=CC3c2cc(OC)cc3ccccc23)c2ccccc2c1.COc1cc(C2C=CC=Cc3c2cc(C)[c-]3[Si](C)[c-]2c(C)cc3c2C=CC=CC3c2cc(OC)cc3ccccc23)c2ccccc2c1.[Cl][Zr][Cl]. The molecule has 0 fully saturated rings. The van der Waals surface area contributed by atoms with Crippen LogP contribution in [0.4, 0.5) is 0 Å². The Morgan fingerprint density at radius 1 is 0.303 bits per heavy atom. The van der Waals surface area contributed by atoms with Gasteiger partial charge in [-0.3, -0.25) is 0 Å². The number of allylic oxidation sites excluding steroid dienone is 12. The van der Waals surface area contributed by atoms with Crippen LogP contribution in [-0.2, 0) is 20.8 Å². The maximum absolute atomic E-state index is 5.79. The predicted octanol–water partition coefficient (Wildman–Crippen LogP) is 20.8. The summed E-state index contributed by atoms with van der Waals surface area (Å²) in [6.45, 7) is 14.3. The number of halogens is 2. The van der Waals surface area contributed by atoms with E-state index < -0.39 is 38.4 Å². The van der Waals surface area contributed by atoms with Gasteiger partial charge in [-0.15, -0.1) is 91.6 Å². The quantitative estimate of drug-likeness (QED) is 0.0902. The summed E-state index contributed by atoms with van der Waals surface area (Å²) in [4.78, 5) is 0. The van der Waals surface area contributed by atoms with E-state index in [0.717, 1.165) is 23.0 Å². The van der Waals surface area contributed by atoms with Gasteiger partial charge in [0.15, 0.2) is 0 Å². The summed E-state index contributed by atoms with van der Waals surface area (Å²) in [5, 5.41) is 16.0. The molecule has 0 amide bonds. The fourth-order valence-corrected chi connectivity index (χ4v) is 22.2. The molecule has 2 radical (unpaired) electrons. The maximum atomic E-state index is 5.79. The van der Waals surface area contributed by atoms with Gasteiger partial charge in [-0.05, 0) is 138 Å². The van der Waals surface area contributed by atoms with E-state index in [9.17, 15) is 0 Å². The molecule has 9 heteroatoms. The molecule has 0 aromatic heterocycles. The normalized spacial score (nSPS) is 16.3. The zero-order valence-corrected chi connectivity index (χ0v) is 63.6. The molecule has 4 unspecified atom stereocenters. The molecule has 99 heavy (non-hydrogen) atoms. The van der Waals surface area contributed by atoms with Gasteiger partial charge in [0.05, 0.1) is 28.4 Å². The van der Waals surface area contributed by atoms with E-state index >= 15 is 0 Å². The van der Waals surface area contributed by atoms with Crippen LogP contribution in [0.15, 0.2) is 243 Å². The first kappa shape index (κ1) is 67.4. The molecule has 4 aliphatic carbocycles. The minimum atomic E-state index is -1.16. The summed E-state index contributed by atoms with van der Waals surface area (Å²) in [6.07, 6.45) is 36.6. The molecular formula is C90H78Cl2O4Si2Zr-4. The Hall–Kier alpha value is -8.78. The summed E-state index contributed by atoms with van der Waals surface area (Å²) in [5.41, 5.74) is 21.7. The van der Waals surface area contributed by atoms with Crippen molar-refractivity contribution in [3.63, 3.8) is 0 Å². The van der Waals surface area contributed by atoms with Crippen LogP contribution in [0.25, 0.3) is 67.4 Å². The Morgan fingerprint density at radius 2 is 0.515 bits per heavy atom. The third-order valence-corrected chi connectivity index (χ3v) is 26.3. The fraction of sp³-hybridized carbons (Fsp3) is 0.156. The molecule has 4 atom stereocenters. The molecule has 4 aliphatic rings. The van der Waals surface area contributed by atoms with Crippen molar-refractivity contribution in [1.29, 1.82) is 0 Å².